The first-order chi connectivity index (χ1) is 8.25. The van der Waals surface area contributed by atoms with Crippen molar-refractivity contribution in [2.24, 2.45) is 0 Å². The summed E-state index contributed by atoms with van der Waals surface area (Å²) < 4.78 is 41.9. The third-order valence-electron chi connectivity index (χ3n) is 2.00. The summed E-state index contributed by atoms with van der Waals surface area (Å²) in [5.41, 5.74) is 0.567. The Bertz CT molecular complexity index is 400. The SMILES string of the molecule is OCc1cc(Br)c(OCC(O)C(F)(F)F)c(Br)c1. The van der Waals surface area contributed by atoms with E-state index in [0.29, 0.717) is 14.5 Å². The Balaban J connectivity index is 2.80. The summed E-state index contributed by atoms with van der Waals surface area (Å²) in [6.07, 6.45) is -7.27. The molecule has 0 aliphatic heterocycles. The minimum Gasteiger partial charge on any atom is -0.488 e. The first-order valence-electron chi connectivity index (χ1n) is 4.72. The van der Waals surface area contributed by atoms with Gasteiger partial charge in [-0.1, -0.05) is 0 Å². The maximum atomic E-state index is 12.1. The average Bonchev–Trinajstić information content (AvgIpc) is 2.25. The normalized spacial score (nSPS) is 13.5. The van der Waals surface area contributed by atoms with E-state index in [0.717, 1.165) is 0 Å². The van der Waals surface area contributed by atoms with E-state index in [1.165, 1.54) is 12.1 Å². The second-order valence-electron chi connectivity index (χ2n) is 3.42. The Hall–Kier alpha value is -0.310. The zero-order chi connectivity index (χ0) is 13.9. The quantitative estimate of drug-likeness (QED) is 0.826. The lowest BCUT2D eigenvalue weighted by Gasteiger charge is -2.17. The molecule has 2 N–H and O–H groups in total. The molecule has 1 rings (SSSR count). The van der Waals surface area contributed by atoms with E-state index in [1.807, 2.05) is 0 Å². The fourth-order valence-corrected chi connectivity index (χ4v) is 2.61. The van der Waals surface area contributed by atoms with Crippen LogP contribution in [0.15, 0.2) is 21.1 Å². The van der Waals surface area contributed by atoms with E-state index < -0.39 is 18.9 Å². The van der Waals surface area contributed by atoms with Crippen LogP contribution in [0.2, 0.25) is 0 Å². The standard InChI is InChI=1S/C10H9Br2F3O3/c11-6-1-5(3-16)2-7(12)9(6)18-4-8(17)10(13,14)15/h1-2,8,16-17H,3-4H2. The molecule has 1 aromatic carbocycles. The van der Waals surface area contributed by atoms with Gasteiger partial charge in [0.2, 0.25) is 0 Å². The van der Waals surface area contributed by atoms with E-state index in [-0.39, 0.29) is 12.4 Å². The number of hydrogen-bond donors (Lipinski definition) is 2. The zero-order valence-electron chi connectivity index (χ0n) is 8.84. The van der Waals surface area contributed by atoms with Crippen LogP contribution in [0.1, 0.15) is 5.56 Å². The van der Waals surface area contributed by atoms with Gasteiger partial charge in [0.05, 0.1) is 15.6 Å². The molecule has 0 radical (unpaired) electrons. The summed E-state index contributed by atoms with van der Waals surface area (Å²) in [5, 5.41) is 17.7. The number of benzene rings is 1. The lowest BCUT2D eigenvalue weighted by atomic mass is 10.2. The van der Waals surface area contributed by atoms with Gasteiger partial charge in [-0.3, -0.25) is 0 Å². The minimum atomic E-state index is -4.72. The first-order valence-corrected chi connectivity index (χ1v) is 6.30. The van der Waals surface area contributed by atoms with Gasteiger partial charge in [-0.25, -0.2) is 0 Å². The van der Waals surface area contributed by atoms with Crippen molar-refractivity contribution in [2.75, 3.05) is 6.61 Å². The van der Waals surface area contributed by atoms with Crippen molar-refractivity contribution < 1.29 is 28.1 Å². The van der Waals surface area contributed by atoms with Gasteiger partial charge in [0.25, 0.3) is 0 Å². The summed E-state index contributed by atoms with van der Waals surface area (Å²) in [4.78, 5) is 0. The van der Waals surface area contributed by atoms with E-state index in [1.54, 1.807) is 0 Å². The molecule has 8 heteroatoms. The highest BCUT2D eigenvalue weighted by atomic mass is 79.9. The number of ether oxygens (including phenoxy) is 1. The molecular formula is C10H9Br2F3O3. The van der Waals surface area contributed by atoms with Crippen LogP contribution in [0.4, 0.5) is 13.2 Å². The summed E-state index contributed by atoms with van der Waals surface area (Å²) in [5.74, 6) is 0.135. The first kappa shape index (κ1) is 15.7. The molecule has 0 aliphatic rings. The highest BCUT2D eigenvalue weighted by molar-refractivity contribution is 9.11. The Morgan fingerprint density at radius 2 is 1.72 bits per heavy atom. The van der Waals surface area contributed by atoms with Crippen LogP contribution in [0, 0.1) is 0 Å². The van der Waals surface area contributed by atoms with E-state index in [4.69, 9.17) is 14.9 Å². The second-order valence-corrected chi connectivity index (χ2v) is 5.12. The van der Waals surface area contributed by atoms with Crippen molar-refractivity contribution in [3.8, 4) is 5.75 Å². The van der Waals surface area contributed by atoms with Crippen LogP contribution in [-0.4, -0.2) is 29.1 Å². The van der Waals surface area contributed by atoms with Crippen molar-refractivity contribution in [2.45, 2.75) is 18.9 Å². The van der Waals surface area contributed by atoms with Crippen LogP contribution >= 0.6 is 31.9 Å². The van der Waals surface area contributed by atoms with Crippen LogP contribution in [0.25, 0.3) is 0 Å². The second kappa shape index (κ2) is 6.23. The Morgan fingerprint density at radius 3 is 2.11 bits per heavy atom. The average molecular weight is 394 g/mol. The summed E-state index contributed by atoms with van der Waals surface area (Å²) in [6, 6.07) is 3.03. The maximum absolute atomic E-state index is 12.1. The number of rotatable bonds is 4. The molecule has 0 bridgehead atoms. The molecular weight excluding hydrogens is 385 g/mol. The van der Waals surface area contributed by atoms with Gasteiger partial charge in [0.1, 0.15) is 12.4 Å². The molecule has 0 amide bonds. The van der Waals surface area contributed by atoms with Crippen molar-refractivity contribution in [3.05, 3.63) is 26.6 Å². The zero-order valence-corrected chi connectivity index (χ0v) is 12.0. The molecule has 102 valence electrons. The third kappa shape index (κ3) is 4.11. The number of aliphatic hydroxyl groups excluding tert-OH is 2. The molecule has 0 aliphatic carbocycles. The molecule has 0 spiro atoms. The minimum absolute atomic E-state index is 0.135. The van der Waals surface area contributed by atoms with Gasteiger partial charge in [-0.2, -0.15) is 13.2 Å². The van der Waals surface area contributed by atoms with Gasteiger partial charge < -0.3 is 14.9 Å². The molecule has 1 aromatic rings. The predicted molar refractivity (Wildman–Crippen MR) is 65.3 cm³/mol. The lowest BCUT2D eigenvalue weighted by Crippen LogP contribution is -2.34. The molecule has 0 saturated carbocycles. The van der Waals surface area contributed by atoms with Crippen LogP contribution in [-0.2, 0) is 6.61 Å². The molecule has 18 heavy (non-hydrogen) atoms. The van der Waals surface area contributed by atoms with Gasteiger partial charge in [-0.05, 0) is 49.6 Å². The molecule has 0 saturated heterocycles. The number of hydrogen-bond acceptors (Lipinski definition) is 3. The fraction of sp³-hybridized carbons (Fsp3) is 0.400. The molecule has 0 fully saturated rings. The highest BCUT2D eigenvalue weighted by Crippen LogP contribution is 2.35. The number of halogens is 5. The van der Waals surface area contributed by atoms with Crippen molar-refractivity contribution in [3.63, 3.8) is 0 Å². The van der Waals surface area contributed by atoms with E-state index in [2.05, 4.69) is 31.9 Å². The lowest BCUT2D eigenvalue weighted by molar-refractivity contribution is -0.210. The smallest absolute Gasteiger partial charge is 0.417 e. The number of alkyl halides is 3. The van der Waals surface area contributed by atoms with Crippen LogP contribution in [0.5, 0.6) is 5.75 Å². The molecule has 3 nitrogen and oxygen atoms in total. The molecule has 1 atom stereocenters. The van der Waals surface area contributed by atoms with Crippen molar-refractivity contribution >= 4 is 31.9 Å². The molecule has 1 unspecified atom stereocenters. The summed E-state index contributed by atoms with van der Waals surface area (Å²) >= 11 is 6.22. The van der Waals surface area contributed by atoms with Crippen LogP contribution < -0.4 is 4.74 Å². The summed E-state index contributed by atoms with van der Waals surface area (Å²) in [7, 11) is 0. The van der Waals surface area contributed by atoms with Gasteiger partial charge in [-0.15, -0.1) is 0 Å². The van der Waals surface area contributed by atoms with Crippen LogP contribution in [0.3, 0.4) is 0 Å². The van der Waals surface area contributed by atoms with E-state index >= 15 is 0 Å². The van der Waals surface area contributed by atoms with Gasteiger partial charge in [0, 0.05) is 0 Å². The Labute approximate surface area is 118 Å². The number of aliphatic hydroxyl groups is 2. The Morgan fingerprint density at radius 1 is 1.22 bits per heavy atom. The third-order valence-corrected chi connectivity index (χ3v) is 3.18. The highest BCUT2D eigenvalue weighted by Gasteiger charge is 2.38. The monoisotopic (exact) mass is 392 g/mol. The topological polar surface area (TPSA) is 49.7 Å². The Kier molecular flexibility index (Phi) is 5.45. The molecule has 0 aromatic heterocycles. The van der Waals surface area contributed by atoms with Gasteiger partial charge >= 0.3 is 6.18 Å². The molecule has 0 heterocycles. The maximum Gasteiger partial charge on any atom is 0.417 e. The predicted octanol–water partition coefficient (Wildman–Crippen LogP) is 3.01. The van der Waals surface area contributed by atoms with Crippen molar-refractivity contribution in [1.29, 1.82) is 0 Å². The summed E-state index contributed by atoms with van der Waals surface area (Å²) in [6.45, 7) is -1.11. The largest absolute Gasteiger partial charge is 0.488 e. The fourth-order valence-electron chi connectivity index (χ4n) is 1.10. The van der Waals surface area contributed by atoms with Crippen molar-refractivity contribution in [1.82, 2.24) is 0 Å². The van der Waals surface area contributed by atoms with E-state index in [9.17, 15) is 13.2 Å². The van der Waals surface area contributed by atoms with Gasteiger partial charge in [0.15, 0.2) is 6.10 Å².